The Bertz CT molecular complexity index is 373. The topological polar surface area (TPSA) is 147 Å². The van der Waals surface area contributed by atoms with Crippen LogP contribution in [-0.4, -0.2) is 49.3 Å². The van der Waals surface area contributed by atoms with Crippen molar-refractivity contribution >= 4 is 13.3 Å². The van der Waals surface area contributed by atoms with Gasteiger partial charge in [-0.05, 0) is 27.7 Å². The summed E-state index contributed by atoms with van der Waals surface area (Å²) in [6, 6.07) is 0. The molecular weight excluding hydrogens is 290 g/mol. The van der Waals surface area contributed by atoms with Crippen molar-refractivity contribution in [2.45, 2.75) is 44.5 Å². The Morgan fingerprint density at radius 3 is 1.84 bits per heavy atom. The number of rotatable bonds is 6. The molecule has 0 aliphatic carbocycles. The van der Waals surface area contributed by atoms with Crippen molar-refractivity contribution in [1.29, 1.82) is 0 Å². The molecule has 0 saturated heterocycles. The molecule has 3 unspecified atom stereocenters. The average molecular weight is 308 g/mol. The first-order valence-corrected chi connectivity index (χ1v) is 6.59. The van der Waals surface area contributed by atoms with E-state index in [9.17, 15) is 29.8 Å². The average Bonchev–Trinajstić information content (AvgIpc) is 2.12. The maximum atomic E-state index is 11.0. The van der Waals surface area contributed by atoms with Crippen LogP contribution in [0.1, 0.15) is 27.7 Å². The van der Waals surface area contributed by atoms with Gasteiger partial charge in [-0.25, -0.2) is 0 Å². The second-order valence-corrected chi connectivity index (χ2v) is 6.63. The number of carboxylic acid groups (broad SMARTS) is 1. The molecule has 3 atom stereocenters. The summed E-state index contributed by atoms with van der Waals surface area (Å²) in [5.74, 6) is 0. The first-order valence-electron chi connectivity index (χ1n) is 5.01. The minimum atomic E-state index is -5.03. The number of hydrogen-bond donors (Lipinski definition) is 4. The van der Waals surface area contributed by atoms with E-state index < -0.39 is 36.7 Å². The summed E-state index contributed by atoms with van der Waals surface area (Å²) < 4.78 is 15.1. The quantitative estimate of drug-likeness (QED) is 0.285. The molecule has 0 heterocycles. The molecular formula is C9H18NaO8P. The van der Waals surface area contributed by atoms with Gasteiger partial charge >= 0.3 is 37.2 Å². The van der Waals surface area contributed by atoms with Crippen molar-refractivity contribution < 1.29 is 68.8 Å². The molecule has 108 valence electrons. The molecule has 0 bridgehead atoms. The normalized spacial score (nSPS) is 21.5. The van der Waals surface area contributed by atoms with E-state index >= 15 is 0 Å². The van der Waals surface area contributed by atoms with Crippen LogP contribution in [0.4, 0.5) is 4.79 Å². The van der Waals surface area contributed by atoms with Gasteiger partial charge in [0, 0.05) is 0 Å². The van der Waals surface area contributed by atoms with Crippen molar-refractivity contribution in [2.24, 2.45) is 0 Å². The Hall–Kier alpha value is 0.500. The minimum Gasteiger partial charge on any atom is -0.538 e. The Kier molecular flexibility index (Phi) is 7.47. The molecule has 0 aromatic carbocycles. The van der Waals surface area contributed by atoms with Crippen LogP contribution in [0.3, 0.4) is 0 Å². The van der Waals surface area contributed by atoms with E-state index in [2.05, 4.69) is 4.52 Å². The number of aliphatic hydroxyl groups is 3. The van der Waals surface area contributed by atoms with Crippen molar-refractivity contribution in [3.05, 3.63) is 0 Å². The summed E-state index contributed by atoms with van der Waals surface area (Å²) in [7, 11) is -5.03. The zero-order valence-electron chi connectivity index (χ0n) is 11.6. The Morgan fingerprint density at radius 1 is 1.21 bits per heavy atom. The molecule has 0 rings (SSSR count). The van der Waals surface area contributed by atoms with Crippen LogP contribution < -0.4 is 34.7 Å². The van der Waals surface area contributed by atoms with Crippen LogP contribution in [0.15, 0.2) is 0 Å². The van der Waals surface area contributed by atoms with Crippen LogP contribution >= 0.6 is 7.60 Å². The molecule has 8 nitrogen and oxygen atoms in total. The molecule has 0 aromatic rings. The van der Waals surface area contributed by atoms with Crippen LogP contribution in [0, 0.1) is 0 Å². The third kappa shape index (κ3) is 5.08. The first-order chi connectivity index (χ1) is 7.65. The summed E-state index contributed by atoms with van der Waals surface area (Å²) >= 11 is 0. The summed E-state index contributed by atoms with van der Waals surface area (Å²) in [5, 5.41) is 39.9. The van der Waals surface area contributed by atoms with Gasteiger partial charge in [0.1, 0.15) is 11.2 Å². The van der Waals surface area contributed by atoms with E-state index in [1.165, 1.54) is 13.8 Å². The van der Waals surface area contributed by atoms with Gasteiger partial charge in [-0.1, -0.05) is 0 Å². The summed E-state index contributed by atoms with van der Waals surface area (Å²) in [4.78, 5) is 19.1. The smallest absolute Gasteiger partial charge is 0.538 e. The molecule has 0 spiro atoms. The van der Waals surface area contributed by atoms with Crippen molar-refractivity contribution in [3.8, 4) is 0 Å². The number of carbonyl (C=O) groups excluding carboxylic acids is 1. The SMILES string of the molecule is CC(C)(O)C(C)(O)C(C)(O)COP(=O)(O)C(=O)[O-].[Na+]. The molecule has 19 heavy (non-hydrogen) atoms. The minimum absolute atomic E-state index is 0. The van der Waals surface area contributed by atoms with Gasteiger partial charge in [-0.2, -0.15) is 0 Å². The number of hydrogen-bond acceptors (Lipinski definition) is 7. The molecule has 0 fully saturated rings. The second-order valence-electron chi connectivity index (χ2n) is 4.96. The van der Waals surface area contributed by atoms with E-state index in [4.69, 9.17) is 4.89 Å². The third-order valence-electron chi connectivity index (χ3n) is 2.99. The fourth-order valence-electron chi connectivity index (χ4n) is 1.07. The maximum absolute atomic E-state index is 11.0. The van der Waals surface area contributed by atoms with Gasteiger partial charge < -0.3 is 34.6 Å². The Labute approximate surface area is 133 Å². The van der Waals surface area contributed by atoms with E-state index in [0.717, 1.165) is 13.8 Å². The van der Waals surface area contributed by atoms with Gasteiger partial charge in [-0.15, -0.1) is 0 Å². The summed E-state index contributed by atoms with van der Waals surface area (Å²) in [6.45, 7) is 3.54. The van der Waals surface area contributed by atoms with Gasteiger partial charge in [-0.3, -0.25) is 4.57 Å². The van der Waals surface area contributed by atoms with Crippen LogP contribution in [-0.2, 0) is 9.09 Å². The standard InChI is InChI=1S/C9H19O8P.Na/c1-7(2,12)9(4,14)8(3,13)5-17-18(15,16)6(10)11;/h12-14H,5H2,1-4H3,(H,10,11)(H,15,16);/q;+1/p-1. The van der Waals surface area contributed by atoms with Crippen LogP contribution in [0.25, 0.3) is 0 Å². The fraction of sp³-hybridized carbons (Fsp3) is 0.889. The molecule has 0 aromatic heterocycles. The van der Waals surface area contributed by atoms with Crippen molar-refractivity contribution in [2.75, 3.05) is 6.61 Å². The zero-order chi connectivity index (χ0) is 15.0. The Morgan fingerprint density at radius 2 is 1.58 bits per heavy atom. The van der Waals surface area contributed by atoms with Crippen LogP contribution in [0.5, 0.6) is 0 Å². The van der Waals surface area contributed by atoms with Gasteiger partial charge in [0.05, 0.1) is 12.2 Å². The van der Waals surface area contributed by atoms with Gasteiger partial charge in [0.25, 0.3) is 0 Å². The molecule has 0 aliphatic rings. The number of carbonyl (C=O) groups is 1. The van der Waals surface area contributed by atoms with Crippen molar-refractivity contribution in [3.63, 3.8) is 0 Å². The van der Waals surface area contributed by atoms with E-state index in [0.29, 0.717) is 0 Å². The van der Waals surface area contributed by atoms with E-state index in [1.807, 2.05) is 0 Å². The van der Waals surface area contributed by atoms with Crippen molar-refractivity contribution in [1.82, 2.24) is 0 Å². The molecule has 0 aliphatic heterocycles. The molecule has 0 amide bonds. The zero-order valence-corrected chi connectivity index (χ0v) is 14.5. The predicted molar refractivity (Wildman–Crippen MR) is 58.7 cm³/mol. The molecule has 4 N–H and O–H groups in total. The Balaban J connectivity index is 0. The first kappa shape index (κ1) is 21.8. The maximum Gasteiger partial charge on any atom is 1.00 e. The second kappa shape index (κ2) is 6.51. The summed E-state index contributed by atoms with van der Waals surface area (Å²) in [6.07, 6.45) is 0. The van der Waals surface area contributed by atoms with Gasteiger partial charge in [0.2, 0.25) is 0 Å². The monoisotopic (exact) mass is 308 g/mol. The van der Waals surface area contributed by atoms with Gasteiger partial charge in [0.15, 0.2) is 5.71 Å². The predicted octanol–water partition coefficient (Wildman–Crippen LogP) is -4.19. The summed E-state index contributed by atoms with van der Waals surface area (Å²) in [5.41, 5.74) is -8.37. The third-order valence-corrected chi connectivity index (χ3v) is 3.93. The molecule has 0 saturated carbocycles. The van der Waals surface area contributed by atoms with E-state index in [1.54, 1.807) is 0 Å². The van der Waals surface area contributed by atoms with Crippen LogP contribution in [0.2, 0.25) is 0 Å². The fourth-order valence-corrected chi connectivity index (χ4v) is 1.60. The molecule has 10 heteroatoms. The molecule has 0 radical (unpaired) electrons. The largest absolute Gasteiger partial charge is 1.00 e. The van der Waals surface area contributed by atoms with E-state index in [-0.39, 0.29) is 29.6 Å².